The highest BCUT2D eigenvalue weighted by Gasteiger charge is 2.34. The minimum atomic E-state index is -0.415. The van der Waals surface area contributed by atoms with E-state index in [4.69, 9.17) is 10.2 Å². The molecule has 0 bridgehead atoms. The number of aromatic nitrogens is 1. The fraction of sp³-hybridized carbons (Fsp3) is 0.500. The maximum atomic E-state index is 12.3. The van der Waals surface area contributed by atoms with Crippen LogP contribution in [0, 0.1) is 5.41 Å². The van der Waals surface area contributed by atoms with Gasteiger partial charge in [-0.15, -0.1) is 0 Å². The van der Waals surface area contributed by atoms with Crippen molar-refractivity contribution in [3.8, 4) is 0 Å². The fourth-order valence-electron chi connectivity index (χ4n) is 2.99. The van der Waals surface area contributed by atoms with E-state index in [0.29, 0.717) is 31.6 Å². The fourth-order valence-corrected chi connectivity index (χ4v) is 2.99. The lowest BCUT2D eigenvalue weighted by atomic mass is 9.90. The molecular weight excluding hydrogens is 282 g/mol. The highest BCUT2D eigenvalue weighted by atomic mass is 16.4. The molecule has 2 N–H and O–H groups in total. The number of para-hydroxylation sites is 2. The van der Waals surface area contributed by atoms with Gasteiger partial charge < -0.3 is 15.1 Å². The van der Waals surface area contributed by atoms with Crippen LogP contribution in [0.2, 0.25) is 0 Å². The molecule has 6 nitrogen and oxygen atoms in total. The first-order valence-electron chi connectivity index (χ1n) is 7.59. The van der Waals surface area contributed by atoms with Gasteiger partial charge in [-0.25, -0.2) is 4.79 Å². The number of fused-ring (bicyclic) bond motifs is 1. The minimum absolute atomic E-state index is 0.0227. The Morgan fingerprint density at radius 2 is 2.18 bits per heavy atom. The molecule has 1 atom stereocenters. The number of aryl methyl sites for hydroxylation is 1. The first-order chi connectivity index (χ1) is 10.5. The summed E-state index contributed by atoms with van der Waals surface area (Å²) in [6.45, 7) is 4.47. The average Bonchev–Trinajstić information content (AvgIpc) is 3.06. The van der Waals surface area contributed by atoms with Crippen molar-refractivity contribution >= 4 is 17.0 Å². The molecule has 2 aromatic rings. The molecule has 3 rings (SSSR count). The second-order valence-corrected chi connectivity index (χ2v) is 6.32. The lowest BCUT2D eigenvalue weighted by molar-refractivity contribution is -0.130. The Morgan fingerprint density at radius 1 is 1.41 bits per heavy atom. The van der Waals surface area contributed by atoms with Crippen molar-refractivity contribution in [1.82, 2.24) is 9.47 Å². The number of benzene rings is 1. The van der Waals surface area contributed by atoms with E-state index < -0.39 is 5.76 Å². The van der Waals surface area contributed by atoms with E-state index in [1.165, 1.54) is 4.57 Å². The van der Waals surface area contributed by atoms with Crippen LogP contribution < -0.4 is 11.5 Å². The standard InChI is InChI=1S/C16H21N3O3/c1-16(10-17)7-9-18(11-16)14(20)6-8-19-12-4-2-3-5-13(12)22-15(19)21/h2-5H,6-11,17H2,1H3. The Labute approximate surface area is 128 Å². The number of rotatable bonds is 4. The molecule has 0 radical (unpaired) electrons. The molecule has 0 spiro atoms. The lowest BCUT2D eigenvalue weighted by Gasteiger charge is -2.22. The van der Waals surface area contributed by atoms with Crippen LogP contribution in [0.1, 0.15) is 19.8 Å². The average molecular weight is 303 g/mol. The van der Waals surface area contributed by atoms with Crippen molar-refractivity contribution in [2.45, 2.75) is 26.3 Å². The van der Waals surface area contributed by atoms with E-state index in [0.717, 1.165) is 18.5 Å². The van der Waals surface area contributed by atoms with Crippen LogP contribution in [0.25, 0.3) is 11.1 Å². The normalized spacial score (nSPS) is 21.6. The highest BCUT2D eigenvalue weighted by Crippen LogP contribution is 2.28. The molecule has 6 heteroatoms. The molecule has 2 heterocycles. The van der Waals surface area contributed by atoms with E-state index in [1.54, 1.807) is 6.07 Å². The van der Waals surface area contributed by atoms with Gasteiger partial charge in [0, 0.05) is 26.1 Å². The van der Waals surface area contributed by atoms with Gasteiger partial charge >= 0.3 is 5.76 Å². The molecular formula is C16H21N3O3. The molecule has 0 aliphatic carbocycles. The Balaban J connectivity index is 1.68. The number of nitrogens with zero attached hydrogens (tertiary/aromatic N) is 2. The summed E-state index contributed by atoms with van der Waals surface area (Å²) < 4.78 is 6.69. The summed E-state index contributed by atoms with van der Waals surface area (Å²) in [6, 6.07) is 7.25. The van der Waals surface area contributed by atoms with Gasteiger partial charge in [-0.3, -0.25) is 9.36 Å². The molecule has 1 aliphatic heterocycles. The number of nitrogens with two attached hydrogens (primary N) is 1. The second-order valence-electron chi connectivity index (χ2n) is 6.32. The lowest BCUT2D eigenvalue weighted by Crippen LogP contribution is -2.35. The molecule has 1 aromatic carbocycles. The number of carbonyl (C=O) groups excluding carboxylic acids is 1. The molecule has 1 unspecified atom stereocenters. The van der Waals surface area contributed by atoms with Gasteiger partial charge in [-0.05, 0) is 30.5 Å². The molecule has 0 saturated carbocycles. The Morgan fingerprint density at radius 3 is 2.91 bits per heavy atom. The first kappa shape index (κ1) is 14.8. The van der Waals surface area contributed by atoms with Crippen molar-refractivity contribution in [1.29, 1.82) is 0 Å². The molecule has 1 aromatic heterocycles. The van der Waals surface area contributed by atoms with Gasteiger partial charge in [-0.2, -0.15) is 0 Å². The summed E-state index contributed by atoms with van der Waals surface area (Å²) in [5.41, 5.74) is 7.07. The maximum Gasteiger partial charge on any atom is 0.419 e. The summed E-state index contributed by atoms with van der Waals surface area (Å²) in [4.78, 5) is 26.1. The molecule has 22 heavy (non-hydrogen) atoms. The van der Waals surface area contributed by atoms with Crippen LogP contribution >= 0.6 is 0 Å². The quantitative estimate of drug-likeness (QED) is 0.919. The van der Waals surface area contributed by atoms with Crippen LogP contribution in [0.15, 0.2) is 33.5 Å². The summed E-state index contributed by atoms with van der Waals surface area (Å²) in [7, 11) is 0. The van der Waals surface area contributed by atoms with E-state index in [2.05, 4.69) is 6.92 Å². The van der Waals surface area contributed by atoms with Gasteiger partial charge in [-0.1, -0.05) is 19.1 Å². The van der Waals surface area contributed by atoms with Crippen molar-refractivity contribution in [3.05, 3.63) is 34.8 Å². The smallest absolute Gasteiger partial charge is 0.408 e. The van der Waals surface area contributed by atoms with Crippen molar-refractivity contribution in [2.75, 3.05) is 19.6 Å². The monoisotopic (exact) mass is 303 g/mol. The molecule has 1 amide bonds. The van der Waals surface area contributed by atoms with Crippen molar-refractivity contribution in [3.63, 3.8) is 0 Å². The van der Waals surface area contributed by atoms with Crippen molar-refractivity contribution in [2.24, 2.45) is 11.1 Å². The van der Waals surface area contributed by atoms with E-state index in [9.17, 15) is 9.59 Å². The third kappa shape index (κ3) is 2.66. The number of hydrogen-bond donors (Lipinski definition) is 1. The molecule has 1 aliphatic rings. The SMILES string of the molecule is CC1(CN)CCN(C(=O)CCn2c(=O)oc3ccccc32)C1. The Hall–Kier alpha value is -2.08. The summed E-state index contributed by atoms with van der Waals surface area (Å²) in [6.07, 6.45) is 1.23. The van der Waals surface area contributed by atoms with E-state index >= 15 is 0 Å². The third-order valence-electron chi connectivity index (χ3n) is 4.53. The van der Waals surface area contributed by atoms with Crippen LogP contribution in [0.4, 0.5) is 0 Å². The van der Waals surface area contributed by atoms with E-state index in [1.807, 2.05) is 23.1 Å². The first-order valence-corrected chi connectivity index (χ1v) is 7.59. The van der Waals surface area contributed by atoms with E-state index in [-0.39, 0.29) is 11.3 Å². The van der Waals surface area contributed by atoms with Crippen LogP contribution in [-0.2, 0) is 11.3 Å². The Bertz CT molecular complexity index is 748. The minimum Gasteiger partial charge on any atom is -0.408 e. The predicted octanol–water partition coefficient (Wildman–Crippen LogP) is 1.18. The van der Waals surface area contributed by atoms with Crippen LogP contribution in [-0.4, -0.2) is 35.0 Å². The van der Waals surface area contributed by atoms with Gasteiger partial charge in [0.1, 0.15) is 0 Å². The maximum absolute atomic E-state index is 12.3. The zero-order valence-electron chi connectivity index (χ0n) is 12.7. The van der Waals surface area contributed by atoms with Gasteiger partial charge in [0.05, 0.1) is 5.52 Å². The van der Waals surface area contributed by atoms with Crippen LogP contribution in [0.3, 0.4) is 0 Å². The highest BCUT2D eigenvalue weighted by molar-refractivity contribution is 5.77. The Kier molecular flexibility index (Phi) is 3.78. The summed E-state index contributed by atoms with van der Waals surface area (Å²) in [5.74, 6) is -0.350. The molecule has 1 fully saturated rings. The zero-order valence-corrected chi connectivity index (χ0v) is 12.7. The molecule has 118 valence electrons. The van der Waals surface area contributed by atoms with Crippen LogP contribution in [0.5, 0.6) is 0 Å². The van der Waals surface area contributed by atoms with Crippen molar-refractivity contribution < 1.29 is 9.21 Å². The number of hydrogen-bond acceptors (Lipinski definition) is 4. The number of likely N-dealkylation sites (tertiary alicyclic amines) is 1. The largest absolute Gasteiger partial charge is 0.419 e. The number of oxazole rings is 1. The van der Waals surface area contributed by atoms with Gasteiger partial charge in [0.25, 0.3) is 0 Å². The summed E-state index contributed by atoms with van der Waals surface area (Å²) in [5, 5.41) is 0. The predicted molar refractivity (Wildman–Crippen MR) is 83.4 cm³/mol. The topological polar surface area (TPSA) is 81.5 Å². The number of carbonyl (C=O) groups is 1. The molecule has 1 saturated heterocycles. The number of amides is 1. The van der Waals surface area contributed by atoms with Gasteiger partial charge in [0.15, 0.2) is 5.58 Å². The second kappa shape index (κ2) is 5.61. The third-order valence-corrected chi connectivity index (χ3v) is 4.53. The van der Waals surface area contributed by atoms with Gasteiger partial charge in [0.2, 0.25) is 5.91 Å². The zero-order chi connectivity index (χ0) is 15.7. The summed E-state index contributed by atoms with van der Waals surface area (Å²) >= 11 is 0.